The number of carbonyl (C=O) groups excluding carboxylic acids is 1. The molecule has 0 saturated carbocycles. The maximum Gasteiger partial charge on any atom is 0.303 e. The summed E-state index contributed by atoms with van der Waals surface area (Å²) in [6.45, 7) is 5.38. The summed E-state index contributed by atoms with van der Waals surface area (Å²) in [6.07, 6.45) is 0.606. The monoisotopic (exact) mass is 337 g/mol. The molecule has 0 radical (unpaired) electrons. The largest absolute Gasteiger partial charge is 0.494 e. The number of carbonyl (C=O) groups is 2. The average Bonchev–Trinajstić information content (AvgIpc) is 2.85. The van der Waals surface area contributed by atoms with Crippen molar-refractivity contribution in [3.05, 3.63) is 29.8 Å². The highest BCUT2D eigenvalue weighted by Gasteiger charge is 2.32. The van der Waals surface area contributed by atoms with Crippen molar-refractivity contribution in [2.45, 2.75) is 32.1 Å². The van der Waals surface area contributed by atoms with Crippen LogP contribution >= 0.6 is 11.8 Å². The summed E-state index contributed by atoms with van der Waals surface area (Å²) in [4.78, 5) is 24.4. The first-order valence-corrected chi connectivity index (χ1v) is 8.88. The number of nitrogens with zero attached hydrogens (tertiary/aromatic N) is 1. The molecule has 1 amide bonds. The highest BCUT2D eigenvalue weighted by Crippen LogP contribution is 2.39. The minimum atomic E-state index is -0.808. The summed E-state index contributed by atoms with van der Waals surface area (Å²) in [5, 5.41) is 8.66. The Morgan fingerprint density at radius 1 is 1.39 bits per heavy atom. The molecule has 0 bridgehead atoms. The van der Waals surface area contributed by atoms with Gasteiger partial charge in [0.15, 0.2) is 0 Å². The number of thioether (sulfide) groups is 1. The fourth-order valence-corrected chi connectivity index (χ4v) is 3.66. The lowest BCUT2D eigenvalue weighted by molar-refractivity contribution is -0.137. The molecule has 0 spiro atoms. The Morgan fingerprint density at radius 3 is 2.70 bits per heavy atom. The second-order valence-corrected chi connectivity index (χ2v) is 7.09. The fraction of sp³-hybridized carbons (Fsp3) is 0.529. The predicted octanol–water partition coefficient (Wildman–Crippen LogP) is 3.16. The van der Waals surface area contributed by atoms with E-state index in [-0.39, 0.29) is 17.7 Å². The van der Waals surface area contributed by atoms with Gasteiger partial charge in [0.05, 0.1) is 12.4 Å². The van der Waals surface area contributed by atoms with Gasteiger partial charge < -0.3 is 14.7 Å². The summed E-state index contributed by atoms with van der Waals surface area (Å²) in [5.74, 6) is 1.09. The zero-order chi connectivity index (χ0) is 16.8. The summed E-state index contributed by atoms with van der Waals surface area (Å²) < 4.78 is 5.54. The zero-order valence-electron chi connectivity index (χ0n) is 13.5. The molecular weight excluding hydrogens is 314 g/mol. The van der Waals surface area contributed by atoms with E-state index in [0.717, 1.165) is 17.9 Å². The van der Waals surface area contributed by atoms with Gasteiger partial charge in [-0.1, -0.05) is 26.0 Å². The second-order valence-electron chi connectivity index (χ2n) is 6.02. The van der Waals surface area contributed by atoms with Crippen molar-refractivity contribution in [1.82, 2.24) is 4.90 Å². The van der Waals surface area contributed by atoms with E-state index >= 15 is 0 Å². The number of hydrogen-bond acceptors (Lipinski definition) is 4. The number of aliphatic carboxylic acids is 1. The average molecular weight is 337 g/mol. The molecule has 0 aliphatic carbocycles. The first-order chi connectivity index (χ1) is 11.0. The van der Waals surface area contributed by atoms with E-state index in [0.29, 0.717) is 24.7 Å². The Bertz CT molecular complexity index is 544. The van der Waals surface area contributed by atoms with Crippen molar-refractivity contribution in [3.8, 4) is 5.75 Å². The molecule has 1 aromatic carbocycles. The predicted molar refractivity (Wildman–Crippen MR) is 90.6 cm³/mol. The van der Waals surface area contributed by atoms with Crippen molar-refractivity contribution in [2.75, 3.05) is 18.9 Å². The van der Waals surface area contributed by atoms with E-state index in [2.05, 4.69) is 13.8 Å². The van der Waals surface area contributed by atoms with E-state index in [4.69, 9.17) is 9.84 Å². The first-order valence-electron chi connectivity index (χ1n) is 7.83. The molecule has 5 nitrogen and oxygen atoms in total. The van der Waals surface area contributed by atoms with E-state index < -0.39 is 5.97 Å². The van der Waals surface area contributed by atoms with Crippen LogP contribution in [0.1, 0.15) is 37.6 Å². The quantitative estimate of drug-likeness (QED) is 0.738. The van der Waals surface area contributed by atoms with Gasteiger partial charge in [0.1, 0.15) is 11.1 Å². The van der Waals surface area contributed by atoms with Gasteiger partial charge in [0.2, 0.25) is 5.91 Å². The van der Waals surface area contributed by atoms with Crippen LogP contribution in [0.5, 0.6) is 5.75 Å². The molecule has 23 heavy (non-hydrogen) atoms. The number of hydrogen-bond donors (Lipinski definition) is 1. The molecule has 1 N–H and O–H groups in total. The lowest BCUT2D eigenvalue weighted by atomic mass is 10.1. The third kappa shape index (κ3) is 5.16. The van der Waals surface area contributed by atoms with Gasteiger partial charge in [0, 0.05) is 13.0 Å². The lowest BCUT2D eigenvalue weighted by Gasteiger charge is -2.26. The van der Waals surface area contributed by atoms with Crippen molar-refractivity contribution in [2.24, 2.45) is 5.92 Å². The van der Waals surface area contributed by atoms with Crippen molar-refractivity contribution in [3.63, 3.8) is 0 Å². The highest BCUT2D eigenvalue weighted by atomic mass is 32.2. The van der Waals surface area contributed by atoms with Crippen molar-refractivity contribution < 1.29 is 19.4 Å². The SMILES string of the molecule is CC(C)CN1C(=O)CSC1c1ccc(OCCCC(=O)O)cc1. The molecule has 1 aromatic rings. The topological polar surface area (TPSA) is 66.8 Å². The van der Waals surface area contributed by atoms with Crippen LogP contribution in [0.25, 0.3) is 0 Å². The molecule has 0 aromatic heterocycles. The number of amides is 1. The standard InChI is InChI=1S/C17H23NO4S/c1-12(2)10-18-15(19)11-23-17(18)13-5-7-14(8-6-13)22-9-3-4-16(20)21/h5-8,12,17H,3-4,9-11H2,1-2H3,(H,20,21). The van der Waals surface area contributed by atoms with Crippen LogP contribution in [-0.4, -0.2) is 40.8 Å². The van der Waals surface area contributed by atoms with Crippen LogP contribution in [-0.2, 0) is 9.59 Å². The zero-order valence-corrected chi connectivity index (χ0v) is 14.3. The maximum atomic E-state index is 12.0. The number of carboxylic acids is 1. The number of ether oxygens (including phenoxy) is 1. The van der Waals surface area contributed by atoms with Gasteiger partial charge in [-0.3, -0.25) is 9.59 Å². The molecule has 1 aliphatic rings. The Labute approximate surface area is 141 Å². The van der Waals surface area contributed by atoms with Gasteiger partial charge in [-0.2, -0.15) is 0 Å². The molecule has 1 unspecified atom stereocenters. The lowest BCUT2D eigenvalue weighted by Crippen LogP contribution is -2.31. The summed E-state index contributed by atoms with van der Waals surface area (Å²) >= 11 is 1.65. The van der Waals surface area contributed by atoms with E-state index in [9.17, 15) is 9.59 Å². The molecule has 1 saturated heterocycles. The first kappa shape index (κ1) is 17.7. The van der Waals surface area contributed by atoms with Crippen molar-refractivity contribution in [1.29, 1.82) is 0 Å². The van der Waals surface area contributed by atoms with Crippen LogP contribution in [0, 0.1) is 5.92 Å². The number of carboxylic acid groups (broad SMARTS) is 1. The molecule has 2 rings (SSSR count). The fourth-order valence-electron chi connectivity index (χ4n) is 2.46. The molecule has 1 fully saturated rings. The van der Waals surface area contributed by atoms with Crippen LogP contribution in [0.4, 0.5) is 0 Å². The maximum absolute atomic E-state index is 12.0. The molecule has 1 atom stereocenters. The molecule has 1 heterocycles. The Morgan fingerprint density at radius 2 is 2.09 bits per heavy atom. The minimum Gasteiger partial charge on any atom is -0.494 e. The summed E-state index contributed by atoms with van der Waals surface area (Å²) in [6, 6.07) is 7.73. The van der Waals surface area contributed by atoms with Crippen molar-refractivity contribution >= 4 is 23.6 Å². The molecular formula is C17H23NO4S. The third-order valence-corrected chi connectivity index (χ3v) is 4.75. The van der Waals surface area contributed by atoms with Crippen LogP contribution in [0.15, 0.2) is 24.3 Å². The van der Waals surface area contributed by atoms with Gasteiger partial charge in [-0.05, 0) is 30.0 Å². The Hall–Kier alpha value is -1.69. The van der Waals surface area contributed by atoms with Gasteiger partial charge in [0.25, 0.3) is 0 Å². The third-order valence-electron chi connectivity index (χ3n) is 3.50. The summed E-state index contributed by atoms with van der Waals surface area (Å²) in [5.41, 5.74) is 1.10. The molecule has 6 heteroatoms. The highest BCUT2D eigenvalue weighted by molar-refractivity contribution is 8.00. The second kappa shape index (κ2) is 8.24. The Balaban J connectivity index is 1.93. The molecule has 126 valence electrons. The smallest absolute Gasteiger partial charge is 0.303 e. The van der Waals surface area contributed by atoms with Gasteiger partial charge in [-0.25, -0.2) is 0 Å². The van der Waals surface area contributed by atoms with Crippen LogP contribution < -0.4 is 4.74 Å². The van der Waals surface area contributed by atoms with E-state index in [1.807, 2.05) is 29.2 Å². The van der Waals surface area contributed by atoms with Gasteiger partial charge >= 0.3 is 5.97 Å². The minimum absolute atomic E-state index is 0.0750. The number of rotatable bonds is 8. The number of benzene rings is 1. The van der Waals surface area contributed by atoms with Crippen LogP contribution in [0.3, 0.4) is 0 Å². The Kier molecular flexibility index (Phi) is 6.33. The summed E-state index contributed by atoms with van der Waals surface area (Å²) in [7, 11) is 0. The van der Waals surface area contributed by atoms with E-state index in [1.54, 1.807) is 11.8 Å². The molecule has 1 aliphatic heterocycles. The normalized spacial score (nSPS) is 17.8. The van der Waals surface area contributed by atoms with Gasteiger partial charge in [-0.15, -0.1) is 11.8 Å². The van der Waals surface area contributed by atoms with E-state index in [1.165, 1.54) is 0 Å². The van der Waals surface area contributed by atoms with Crippen LogP contribution in [0.2, 0.25) is 0 Å².